The van der Waals surface area contributed by atoms with Gasteiger partial charge in [0.15, 0.2) is 0 Å². The van der Waals surface area contributed by atoms with Gasteiger partial charge in [-0.1, -0.05) is 66.4 Å². The van der Waals surface area contributed by atoms with Gasteiger partial charge in [-0.3, -0.25) is 0 Å². The van der Waals surface area contributed by atoms with E-state index in [4.69, 9.17) is 21.3 Å². The molecule has 5 aromatic carbocycles. The summed E-state index contributed by atoms with van der Waals surface area (Å²) in [6.45, 7) is 0. The Morgan fingerprint density at radius 3 is 1.83 bits per heavy atom. The smallest absolute Gasteiger partial charge is 0.140 e. The minimum absolute atomic E-state index is 0.803. The standard InChI is InChI=1S/C30H18NO2PS/c35-34-28-15-6-5-12-24(28)32-26-13-7-14-27(30(26)34)33-25-17-16-19(18-29(25)34)31-22-10-3-1-8-20(22)21-9-2-4-11-23(21)31/h1-18H. The molecule has 3 heterocycles. The summed E-state index contributed by atoms with van der Waals surface area (Å²) < 4.78 is 15.1. The summed E-state index contributed by atoms with van der Waals surface area (Å²) in [5.74, 6) is 3.28. The van der Waals surface area contributed by atoms with Gasteiger partial charge in [-0.05, 0) is 54.6 Å². The maximum absolute atomic E-state index is 6.68. The fourth-order valence-corrected chi connectivity index (χ4v) is 10.1. The molecule has 1 aromatic heterocycles. The first-order valence-electron chi connectivity index (χ1n) is 11.6. The molecule has 3 nitrogen and oxygen atoms in total. The van der Waals surface area contributed by atoms with Crippen LogP contribution in [0.2, 0.25) is 0 Å². The van der Waals surface area contributed by atoms with Crippen molar-refractivity contribution >= 4 is 55.6 Å². The van der Waals surface area contributed by atoms with Gasteiger partial charge in [-0.25, -0.2) is 0 Å². The first-order valence-corrected chi connectivity index (χ1v) is 14.4. The van der Waals surface area contributed by atoms with Crippen LogP contribution in [-0.4, -0.2) is 4.57 Å². The van der Waals surface area contributed by atoms with E-state index in [1.807, 2.05) is 30.3 Å². The van der Waals surface area contributed by atoms with Gasteiger partial charge in [0.2, 0.25) is 0 Å². The quantitative estimate of drug-likeness (QED) is 0.239. The van der Waals surface area contributed by atoms with Crippen molar-refractivity contribution in [1.82, 2.24) is 4.57 Å². The lowest BCUT2D eigenvalue weighted by Gasteiger charge is -2.37. The van der Waals surface area contributed by atoms with Crippen molar-refractivity contribution in [3.63, 3.8) is 0 Å². The Morgan fingerprint density at radius 2 is 1.11 bits per heavy atom. The first-order chi connectivity index (χ1) is 17.2. The van der Waals surface area contributed by atoms with Gasteiger partial charge in [0.25, 0.3) is 0 Å². The second-order valence-electron chi connectivity index (χ2n) is 8.91. The summed E-state index contributed by atoms with van der Waals surface area (Å²) >= 11 is 6.68. The molecule has 0 spiro atoms. The van der Waals surface area contributed by atoms with Crippen LogP contribution in [-0.2, 0) is 11.8 Å². The van der Waals surface area contributed by atoms with Crippen LogP contribution in [0.4, 0.5) is 0 Å². The molecule has 8 rings (SSSR count). The monoisotopic (exact) mass is 487 g/mol. The van der Waals surface area contributed by atoms with Gasteiger partial charge < -0.3 is 14.0 Å². The molecule has 0 fully saturated rings. The highest BCUT2D eigenvalue weighted by Crippen LogP contribution is 2.58. The molecule has 2 aliphatic rings. The molecule has 1 atom stereocenters. The highest BCUT2D eigenvalue weighted by atomic mass is 32.4. The Kier molecular flexibility index (Phi) is 3.81. The third-order valence-corrected chi connectivity index (χ3v) is 11.9. The Labute approximate surface area is 207 Å². The van der Waals surface area contributed by atoms with Crippen LogP contribution in [0.15, 0.2) is 109 Å². The summed E-state index contributed by atoms with van der Waals surface area (Å²) in [6, 6.07) is 35.4. The third-order valence-electron chi connectivity index (χ3n) is 7.04. The van der Waals surface area contributed by atoms with Crippen LogP contribution in [0.5, 0.6) is 23.0 Å². The molecule has 0 radical (unpaired) electrons. The summed E-state index contributed by atoms with van der Waals surface area (Å²) in [6.07, 6.45) is 0. The number of aromatic nitrogens is 1. The molecule has 0 amide bonds. The number of rotatable bonds is 1. The third kappa shape index (κ3) is 2.48. The molecule has 0 bridgehead atoms. The molecule has 5 heteroatoms. The van der Waals surface area contributed by atoms with Gasteiger partial charge in [-0.15, -0.1) is 0 Å². The van der Waals surface area contributed by atoms with Crippen LogP contribution in [0.25, 0.3) is 27.5 Å². The van der Waals surface area contributed by atoms with Crippen molar-refractivity contribution < 1.29 is 9.47 Å². The summed E-state index contributed by atoms with van der Waals surface area (Å²) in [5.41, 5.74) is 3.44. The molecule has 2 aliphatic heterocycles. The zero-order valence-corrected chi connectivity index (χ0v) is 20.2. The lowest BCUT2D eigenvalue weighted by molar-refractivity contribution is 0.466. The second-order valence-corrected chi connectivity index (χ2v) is 13.2. The van der Waals surface area contributed by atoms with Gasteiger partial charge >= 0.3 is 0 Å². The van der Waals surface area contributed by atoms with Crippen LogP contribution in [0.3, 0.4) is 0 Å². The van der Waals surface area contributed by atoms with E-state index in [0.29, 0.717) is 0 Å². The van der Waals surface area contributed by atoms with E-state index >= 15 is 0 Å². The zero-order valence-electron chi connectivity index (χ0n) is 18.5. The number of para-hydroxylation sites is 3. The van der Waals surface area contributed by atoms with Gasteiger partial charge in [0.1, 0.15) is 23.0 Å². The summed E-state index contributed by atoms with van der Waals surface area (Å²) in [4.78, 5) is 0. The van der Waals surface area contributed by atoms with Crippen LogP contribution in [0.1, 0.15) is 0 Å². The van der Waals surface area contributed by atoms with Gasteiger partial charge in [-0.2, -0.15) is 0 Å². The van der Waals surface area contributed by atoms with E-state index in [9.17, 15) is 0 Å². The van der Waals surface area contributed by atoms with Crippen LogP contribution < -0.4 is 25.4 Å². The predicted octanol–water partition coefficient (Wildman–Crippen LogP) is 6.75. The van der Waals surface area contributed by atoms with Crippen molar-refractivity contribution in [2.45, 2.75) is 0 Å². The van der Waals surface area contributed by atoms with E-state index in [1.54, 1.807) is 0 Å². The molecule has 0 saturated carbocycles. The molecular weight excluding hydrogens is 469 g/mol. The van der Waals surface area contributed by atoms with Crippen LogP contribution in [0, 0.1) is 0 Å². The van der Waals surface area contributed by atoms with Gasteiger partial charge in [0, 0.05) is 27.1 Å². The van der Waals surface area contributed by atoms with Crippen molar-refractivity contribution in [1.29, 1.82) is 0 Å². The van der Waals surface area contributed by atoms with Crippen molar-refractivity contribution in [3.8, 4) is 28.7 Å². The number of ether oxygens (including phenoxy) is 2. The van der Waals surface area contributed by atoms with Crippen molar-refractivity contribution in [3.05, 3.63) is 109 Å². The Morgan fingerprint density at radius 1 is 0.543 bits per heavy atom. The van der Waals surface area contributed by atoms with E-state index in [0.717, 1.165) is 44.6 Å². The number of hydrogen-bond acceptors (Lipinski definition) is 3. The Bertz CT molecular complexity index is 1840. The average Bonchev–Trinajstić information content (AvgIpc) is 3.23. The maximum atomic E-state index is 6.68. The largest absolute Gasteiger partial charge is 0.456 e. The predicted molar refractivity (Wildman–Crippen MR) is 147 cm³/mol. The van der Waals surface area contributed by atoms with Crippen LogP contribution >= 0.6 is 6.04 Å². The fraction of sp³-hybridized carbons (Fsp3) is 0. The lowest BCUT2D eigenvalue weighted by atomic mass is 10.2. The highest BCUT2D eigenvalue weighted by Gasteiger charge is 2.42. The lowest BCUT2D eigenvalue weighted by Crippen LogP contribution is -2.35. The first kappa shape index (κ1) is 19.5. The molecule has 166 valence electrons. The molecular formula is C30H18NO2PS. The minimum Gasteiger partial charge on any atom is -0.456 e. The van der Waals surface area contributed by atoms with Crippen molar-refractivity contribution in [2.75, 3.05) is 0 Å². The number of benzene rings is 5. The van der Waals surface area contributed by atoms with E-state index in [2.05, 4.69) is 83.4 Å². The Hall–Kier alpha value is -3.85. The van der Waals surface area contributed by atoms with E-state index < -0.39 is 6.04 Å². The fourth-order valence-electron chi connectivity index (χ4n) is 5.57. The second kappa shape index (κ2) is 6.85. The zero-order chi connectivity index (χ0) is 23.1. The minimum atomic E-state index is -2.39. The maximum Gasteiger partial charge on any atom is 0.140 e. The average molecular weight is 488 g/mol. The molecule has 0 aliphatic carbocycles. The summed E-state index contributed by atoms with van der Waals surface area (Å²) in [5, 5.41) is 5.65. The molecule has 6 aromatic rings. The highest BCUT2D eigenvalue weighted by molar-refractivity contribution is 8.26. The number of nitrogens with zero attached hydrogens (tertiary/aromatic N) is 1. The summed E-state index contributed by atoms with van der Waals surface area (Å²) in [7, 11) is 0. The van der Waals surface area contributed by atoms with Gasteiger partial charge in [0.05, 0.1) is 22.4 Å². The number of fused-ring (bicyclic) bond motifs is 7. The Balaban J connectivity index is 1.46. The van der Waals surface area contributed by atoms with Crippen molar-refractivity contribution in [2.24, 2.45) is 0 Å². The van der Waals surface area contributed by atoms with E-state index in [-0.39, 0.29) is 0 Å². The normalized spacial score (nSPS) is 17.3. The van der Waals surface area contributed by atoms with E-state index in [1.165, 1.54) is 21.8 Å². The molecule has 1 unspecified atom stereocenters. The molecule has 0 saturated heterocycles. The SMILES string of the molecule is S=P12c3ccccc3Oc3cccc(c31)Oc1ccc(-n3c4ccccc4c4ccccc43)cc12. The molecule has 35 heavy (non-hydrogen) atoms. The topological polar surface area (TPSA) is 23.4 Å². The molecule has 0 N–H and O–H groups in total. The number of hydrogen-bond donors (Lipinski definition) is 0.